The second kappa shape index (κ2) is 5.58. The van der Waals surface area contributed by atoms with Gasteiger partial charge in [0, 0.05) is 5.92 Å². The summed E-state index contributed by atoms with van der Waals surface area (Å²) in [6.45, 7) is 3.87. The first-order valence-electron chi connectivity index (χ1n) is 6.02. The van der Waals surface area contributed by atoms with Gasteiger partial charge in [0.25, 0.3) is 0 Å². The molecule has 0 atom stereocenters. The summed E-state index contributed by atoms with van der Waals surface area (Å²) >= 11 is 1.27. The Morgan fingerprint density at radius 1 is 1.45 bits per heavy atom. The molecule has 2 aromatic rings. The fraction of sp³-hybridized carbons (Fsp3) is 0.286. The second-order valence-electron chi connectivity index (χ2n) is 4.54. The fourth-order valence-corrected chi connectivity index (χ4v) is 2.79. The van der Waals surface area contributed by atoms with Crippen LogP contribution in [0.1, 0.15) is 35.3 Å². The monoisotopic (exact) mass is 295 g/mol. The average molecular weight is 295 g/mol. The number of nitrogens with zero attached hydrogens (tertiary/aromatic N) is 1. The number of thiazole rings is 1. The predicted octanol–water partition coefficient (Wildman–Crippen LogP) is 3.78. The highest BCUT2D eigenvalue weighted by Gasteiger charge is 2.21. The number of aromatic carboxylic acids is 1. The van der Waals surface area contributed by atoms with Crippen LogP contribution >= 0.6 is 11.3 Å². The lowest BCUT2D eigenvalue weighted by Gasteiger charge is -2.04. The SMILES string of the molecule is COc1ccc(-c2sc(C(C)C)nc2C(=O)O)cc1F. The minimum absolute atomic E-state index is 0.0386. The maximum Gasteiger partial charge on any atom is 0.356 e. The van der Waals surface area contributed by atoms with E-state index >= 15 is 0 Å². The molecule has 0 aliphatic heterocycles. The number of carbonyl (C=O) groups is 1. The summed E-state index contributed by atoms with van der Waals surface area (Å²) in [6.07, 6.45) is 0. The first-order valence-corrected chi connectivity index (χ1v) is 6.83. The lowest BCUT2D eigenvalue weighted by atomic mass is 10.1. The number of carboxylic acid groups (broad SMARTS) is 1. The summed E-state index contributed by atoms with van der Waals surface area (Å²) in [7, 11) is 1.38. The number of benzene rings is 1. The fourth-order valence-electron chi connectivity index (χ4n) is 1.73. The Morgan fingerprint density at radius 3 is 2.65 bits per heavy atom. The van der Waals surface area contributed by atoms with Crippen LogP contribution in [0, 0.1) is 5.82 Å². The van der Waals surface area contributed by atoms with Gasteiger partial charge in [-0.3, -0.25) is 0 Å². The van der Waals surface area contributed by atoms with Crippen molar-refractivity contribution in [3.8, 4) is 16.2 Å². The summed E-state index contributed by atoms with van der Waals surface area (Å²) in [4.78, 5) is 15.8. The molecular formula is C14H14FNO3S. The second-order valence-corrected chi connectivity index (χ2v) is 5.57. The Kier molecular flexibility index (Phi) is 4.04. The van der Waals surface area contributed by atoms with Gasteiger partial charge in [-0.15, -0.1) is 11.3 Å². The molecule has 6 heteroatoms. The first kappa shape index (κ1) is 14.5. The summed E-state index contributed by atoms with van der Waals surface area (Å²) in [6, 6.07) is 4.37. The largest absolute Gasteiger partial charge is 0.494 e. The van der Waals surface area contributed by atoms with Gasteiger partial charge in [-0.2, -0.15) is 0 Å². The zero-order valence-electron chi connectivity index (χ0n) is 11.3. The van der Waals surface area contributed by atoms with Gasteiger partial charge in [-0.1, -0.05) is 13.8 Å². The molecule has 0 unspecified atom stereocenters. The molecule has 0 saturated heterocycles. The molecule has 20 heavy (non-hydrogen) atoms. The number of aromatic nitrogens is 1. The van der Waals surface area contributed by atoms with Crippen molar-refractivity contribution in [1.82, 2.24) is 4.98 Å². The van der Waals surface area contributed by atoms with Gasteiger partial charge < -0.3 is 9.84 Å². The van der Waals surface area contributed by atoms with Crippen LogP contribution in [0.4, 0.5) is 4.39 Å². The van der Waals surface area contributed by atoms with Crippen LogP contribution in [0.3, 0.4) is 0 Å². The van der Waals surface area contributed by atoms with Crippen LogP contribution in [0.25, 0.3) is 10.4 Å². The molecule has 1 heterocycles. The number of rotatable bonds is 4. The minimum atomic E-state index is -1.11. The van der Waals surface area contributed by atoms with E-state index < -0.39 is 11.8 Å². The Balaban J connectivity index is 2.56. The van der Waals surface area contributed by atoms with Gasteiger partial charge in [0.1, 0.15) is 0 Å². The normalized spacial score (nSPS) is 10.8. The standard InChI is InChI=1S/C14H14FNO3S/c1-7(2)13-16-11(14(17)18)12(20-13)8-4-5-10(19-3)9(15)6-8/h4-7H,1-3H3,(H,17,18). The van der Waals surface area contributed by atoms with E-state index in [1.165, 1.54) is 30.6 Å². The molecule has 1 aromatic heterocycles. The molecule has 106 valence electrons. The molecule has 0 aliphatic rings. The molecule has 1 aromatic carbocycles. The minimum Gasteiger partial charge on any atom is -0.494 e. The van der Waals surface area contributed by atoms with E-state index in [4.69, 9.17) is 4.74 Å². The van der Waals surface area contributed by atoms with E-state index in [9.17, 15) is 14.3 Å². The van der Waals surface area contributed by atoms with E-state index in [2.05, 4.69) is 4.98 Å². The summed E-state index contributed by atoms with van der Waals surface area (Å²) < 4.78 is 18.6. The highest BCUT2D eigenvalue weighted by Crippen LogP contribution is 2.35. The van der Waals surface area contributed by atoms with E-state index in [1.54, 1.807) is 6.07 Å². The Hall–Kier alpha value is -1.95. The zero-order chi connectivity index (χ0) is 14.9. The maximum atomic E-state index is 13.7. The van der Waals surface area contributed by atoms with Gasteiger partial charge >= 0.3 is 5.97 Å². The van der Waals surface area contributed by atoms with Crippen molar-refractivity contribution in [2.24, 2.45) is 0 Å². The van der Waals surface area contributed by atoms with E-state index in [1.807, 2.05) is 13.8 Å². The van der Waals surface area contributed by atoms with Crippen molar-refractivity contribution in [2.75, 3.05) is 7.11 Å². The van der Waals surface area contributed by atoms with E-state index in [0.29, 0.717) is 15.4 Å². The third-order valence-corrected chi connectivity index (χ3v) is 4.16. The number of hydrogen-bond donors (Lipinski definition) is 1. The van der Waals surface area contributed by atoms with Crippen molar-refractivity contribution in [3.63, 3.8) is 0 Å². The Labute approximate surface area is 119 Å². The number of hydrogen-bond acceptors (Lipinski definition) is 4. The zero-order valence-corrected chi connectivity index (χ0v) is 12.1. The van der Waals surface area contributed by atoms with Crippen LogP contribution in [0.2, 0.25) is 0 Å². The van der Waals surface area contributed by atoms with Crippen LogP contribution in [-0.2, 0) is 0 Å². The molecule has 0 aliphatic carbocycles. The highest BCUT2D eigenvalue weighted by molar-refractivity contribution is 7.15. The maximum absolute atomic E-state index is 13.7. The smallest absolute Gasteiger partial charge is 0.356 e. The van der Waals surface area contributed by atoms with Crippen LogP contribution < -0.4 is 4.74 Å². The molecule has 0 spiro atoms. The molecule has 0 amide bonds. The molecule has 1 N–H and O–H groups in total. The third kappa shape index (κ3) is 2.65. The molecule has 4 nitrogen and oxygen atoms in total. The van der Waals surface area contributed by atoms with Gasteiger partial charge in [0.05, 0.1) is 17.0 Å². The highest BCUT2D eigenvalue weighted by atomic mass is 32.1. The van der Waals surface area contributed by atoms with Gasteiger partial charge in [-0.05, 0) is 23.8 Å². The van der Waals surface area contributed by atoms with Crippen molar-refractivity contribution < 1.29 is 19.0 Å². The van der Waals surface area contributed by atoms with Gasteiger partial charge in [0.15, 0.2) is 17.3 Å². The lowest BCUT2D eigenvalue weighted by molar-refractivity contribution is 0.0692. The van der Waals surface area contributed by atoms with Crippen LogP contribution in [-0.4, -0.2) is 23.2 Å². The van der Waals surface area contributed by atoms with Gasteiger partial charge in [-0.25, -0.2) is 14.2 Å². The summed E-state index contributed by atoms with van der Waals surface area (Å²) in [5.41, 5.74) is 0.452. The number of methoxy groups -OCH3 is 1. The molecule has 0 bridgehead atoms. The third-order valence-electron chi connectivity index (χ3n) is 2.75. The molecule has 0 fully saturated rings. The Bertz CT molecular complexity index is 652. The lowest BCUT2D eigenvalue weighted by Crippen LogP contribution is -2.00. The van der Waals surface area contributed by atoms with Gasteiger partial charge in [0.2, 0.25) is 0 Å². The van der Waals surface area contributed by atoms with Crippen LogP contribution in [0.15, 0.2) is 18.2 Å². The molecule has 0 radical (unpaired) electrons. The topological polar surface area (TPSA) is 59.4 Å². The summed E-state index contributed by atoms with van der Waals surface area (Å²) in [5.74, 6) is -1.39. The molecule has 0 saturated carbocycles. The molecule has 2 rings (SSSR count). The first-order chi connectivity index (χ1) is 9.43. The van der Waals surface area contributed by atoms with Crippen molar-refractivity contribution in [3.05, 3.63) is 34.7 Å². The van der Waals surface area contributed by atoms with Crippen molar-refractivity contribution in [2.45, 2.75) is 19.8 Å². The van der Waals surface area contributed by atoms with Crippen molar-refractivity contribution >= 4 is 17.3 Å². The average Bonchev–Trinajstić information content (AvgIpc) is 2.84. The van der Waals surface area contributed by atoms with Crippen LogP contribution in [0.5, 0.6) is 5.75 Å². The number of ether oxygens (including phenoxy) is 1. The number of carboxylic acids is 1. The van der Waals surface area contributed by atoms with E-state index in [-0.39, 0.29) is 17.4 Å². The predicted molar refractivity (Wildman–Crippen MR) is 75.1 cm³/mol. The van der Waals surface area contributed by atoms with E-state index in [0.717, 1.165) is 0 Å². The molecular weight excluding hydrogens is 281 g/mol. The van der Waals surface area contributed by atoms with Crippen molar-refractivity contribution in [1.29, 1.82) is 0 Å². The summed E-state index contributed by atoms with van der Waals surface area (Å²) in [5, 5.41) is 9.93. The quantitative estimate of drug-likeness (QED) is 0.932. The number of halogens is 1. The Morgan fingerprint density at radius 2 is 2.15 bits per heavy atom.